The molecule has 3 rings (SSSR count). The van der Waals surface area contributed by atoms with E-state index in [-0.39, 0.29) is 5.91 Å². The van der Waals surface area contributed by atoms with Crippen LogP contribution < -0.4 is 9.54 Å². The van der Waals surface area contributed by atoms with E-state index in [0.29, 0.717) is 28.8 Å². The van der Waals surface area contributed by atoms with Crippen molar-refractivity contribution in [2.75, 3.05) is 6.61 Å². The fourth-order valence-electron chi connectivity index (χ4n) is 2.77. The molecule has 4 nitrogen and oxygen atoms in total. The first-order valence-electron chi connectivity index (χ1n) is 9.07. The van der Waals surface area contributed by atoms with Crippen LogP contribution in [0.4, 0.5) is 0 Å². The van der Waals surface area contributed by atoms with Crippen molar-refractivity contribution < 1.29 is 9.53 Å². The molecule has 0 unspecified atom stereocenters. The van der Waals surface area contributed by atoms with Crippen molar-refractivity contribution in [1.29, 1.82) is 0 Å². The predicted octanol–water partition coefficient (Wildman–Crippen LogP) is 4.98. The van der Waals surface area contributed by atoms with Crippen LogP contribution in [-0.2, 0) is 6.54 Å². The minimum absolute atomic E-state index is 0.270. The second-order valence-electron chi connectivity index (χ2n) is 6.35. The molecule has 3 aromatic rings. The molecule has 6 heteroatoms. The monoisotopic (exact) mass is 410 g/mol. The molecule has 0 N–H and O–H groups in total. The Kier molecular flexibility index (Phi) is 6.61. The fourth-order valence-corrected chi connectivity index (χ4v) is 4.72. The maximum absolute atomic E-state index is 12.8. The average molecular weight is 411 g/mol. The summed E-state index contributed by atoms with van der Waals surface area (Å²) in [5.74, 6) is 3.17. The first kappa shape index (κ1) is 20.2. The first-order valence-corrected chi connectivity index (χ1v) is 10.8. The smallest absolute Gasteiger partial charge is 0.279 e. The highest BCUT2D eigenvalue weighted by atomic mass is 32.2. The van der Waals surface area contributed by atoms with Crippen LogP contribution in [0, 0.1) is 12.3 Å². The van der Waals surface area contributed by atoms with Crippen molar-refractivity contribution in [3.05, 3.63) is 52.8 Å². The molecule has 2 aromatic carbocycles. The zero-order valence-electron chi connectivity index (χ0n) is 16.1. The molecule has 0 saturated carbocycles. The fraction of sp³-hybridized carbons (Fsp3) is 0.273. The number of amides is 1. The molecule has 28 heavy (non-hydrogen) atoms. The van der Waals surface area contributed by atoms with E-state index in [1.807, 2.05) is 47.9 Å². The van der Waals surface area contributed by atoms with Gasteiger partial charge in [-0.25, -0.2) is 0 Å². The Bertz CT molecular complexity index is 1100. The standard InChI is InChI=1S/C22H22N2O2S2/c1-5-12-24-19-11-10-17(26-6-2)14-20(19)28-22(24)23-21(25)16-8-7-9-18(13-16)27-15(3)4/h1,7-11,13-15H,6,12H2,2-4H3. The molecule has 1 amide bonds. The van der Waals surface area contributed by atoms with E-state index >= 15 is 0 Å². The third-order valence-electron chi connectivity index (χ3n) is 3.86. The normalized spacial score (nSPS) is 11.8. The lowest BCUT2D eigenvalue weighted by Gasteiger charge is -2.05. The summed E-state index contributed by atoms with van der Waals surface area (Å²) < 4.78 is 8.45. The SMILES string of the molecule is C#CCn1c(=NC(=O)c2cccc(SC(C)C)c2)sc2cc(OCC)ccc21. The third kappa shape index (κ3) is 4.67. The highest BCUT2D eigenvalue weighted by Gasteiger charge is 2.11. The summed E-state index contributed by atoms with van der Waals surface area (Å²) >= 11 is 3.16. The summed E-state index contributed by atoms with van der Waals surface area (Å²) in [4.78, 5) is 18.8. The van der Waals surface area contributed by atoms with Crippen LogP contribution in [0.15, 0.2) is 52.4 Å². The molecule has 144 valence electrons. The number of hydrogen-bond acceptors (Lipinski definition) is 4. The van der Waals surface area contributed by atoms with Crippen LogP contribution in [0.3, 0.4) is 0 Å². The van der Waals surface area contributed by atoms with Gasteiger partial charge in [0.2, 0.25) is 0 Å². The van der Waals surface area contributed by atoms with Gasteiger partial charge in [0.25, 0.3) is 5.91 Å². The summed E-state index contributed by atoms with van der Waals surface area (Å²) in [5, 5.41) is 0.446. The van der Waals surface area contributed by atoms with E-state index in [9.17, 15) is 4.79 Å². The van der Waals surface area contributed by atoms with Crippen molar-refractivity contribution in [3.63, 3.8) is 0 Å². The number of carbonyl (C=O) groups excluding carboxylic acids is 1. The number of benzene rings is 2. The number of carbonyl (C=O) groups is 1. The Morgan fingerprint density at radius 3 is 2.86 bits per heavy atom. The number of ether oxygens (including phenoxy) is 1. The van der Waals surface area contributed by atoms with Gasteiger partial charge in [0, 0.05) is 15.7 Å². The second kappa shape index (κ2) is 9.13. The van der Waals surface area contributed by atoms with E-state index in [2.05, 4.69) is 24.8 Å². The minimum atomic E-state index is -0.270. The van der Waals surface area contributed by atoms with Crippen molar-refractivity contribution >= 4 is 39.2 Å². The van der Waals surface area contributed by atoms with E-state index in [0.717, 1.165) is 20.9 Å². The number of thiazole rings is 1. The molecule has 0 spiro atoms. The summed E-state index contributed by atoms with van der Waals surface area (Å²) in [6.45, 7) is 7.15. The third-order valence-corrected chi connectivity index (χ3v) is 5.90. The lowest BCUT2D eigenvalue weighted by molar-refractivity contribution is 0.0997. The molecule has 0 fully saturated rings. The van der Waals surface area contributed by atoms with Crippen molar-refractivity contribution in [2.24, 2.45) is 4.99 Å². The van der Waals surface area contributed by atoms with E-state index in [4.69, 9.17) is 11.2 Å². The zero-order valence-corrected chi connectivity index (χ0v) is 17.8. The zero-order chi connectivity index (χ0) is 20.1. The van der Waals surface area contributed by atoms with Crippen LogP contribution in [0.2, 0.25) is 0 Å². The Morgan fingerprint density at radius 1 is 1.32 bits per heavy atom. The van der Waals surface area contributed by atoms with Gasteiger partial charge < -0.3 is 9.30 Å². The van der Waals surface area contributed by atoms with E-state index in [1.54, 1.807) is 17.8 Å². The molecular weight excluding hydrogens is 388 g/mol. The van der Waals surface area contributed by atoms with Gasteiger partial charge in [-0.05, 0) is 43.3 Å². The lowest BCUT2D eigenvalue weighted by atomic mass is 10.2. The van der Waals surface area contributed by atoms with Crippen LogP contribution in [0.5, 0.6) is 5.75 Å². The van der Waals surface area contributed by atoms with E-state index < -0.39 is 0 Å². The van der Waals surface area contributed by atoms with Gasteiger partial charge in [0.15, 0.2) is 4.80 Å². The Balaban J connectivity index is 2.04. The summed E-state index contributed by atoms with van der Waals surface area (Å²) in [7, 11) is 0. The topological polar surface area (TPSA) is 43.6 Å². The molecule has 0 aliphatic heterocycles. The number of fused-ring (bicyclic) bond motifs is 1. The molecule has 1 heterocycles. The molecule has 0 atom stereocenters. The van der Waals surface area contributed by atoms with Crippen molar-refractivity contribution in [3.8, 4) is 18.1 Å². The first-order chi connectivity index (χ1) is 13.5. The van der Waals surface area contributed by atoms with E-state index in [1.165, 1.54) is 11.3 Å². The van der Waals surface area contributed by atoms with Crippen LogP contribution in [0.25, 0.3) is 10.2 Å². The van der Waals surface area contributed by atoms with Gasteiger partial charge in [-0.1, -0.05) is 37.2 Å². The molecule has 0 aliphatic rings. The predicted molar refractivity (Wildman–Crippen MR) is 117 cm³/mol. The maximum Gasteiger partial charge on any atom is 0.279 e. The highest BCUT2D eigenvalue weighted by Crippen LogP contribution is 2.25. The number of terminal acetylenes is 1. The number of hydrogen-bond donors (Lipinski definition) is 0. The van der Waals surface area contributed by atoms with Gasteiger partial charge in [-0.3, -0.25) is 4.79 Å². The molecule has 0 aliphatic carbocycles. The van der Waals surface area contributed by atoms with Gasteiger partial charge in [-0.2, -0.15) is 4.99 Å². The van der Waals surface area contributed by atoms with Crippen molar-refractivity contribution in [1.82, 2.24) is 4.57 Å². The maximum atomic E-state index is 12.8. The molecule has 1 aromatic heterocycles. The summed E-state index contributed by atoms with van der Waals surface area (Å²) in [6, 6.07) is 13.4. The van der Waals surface area contributed by atoms with Crippen LogP contribution >= 0.6 is 23.1 Å². The highest BCUT2D eigenvalue weighted by molar-refractivity contribution is 7.99. The molecule has 0 radical (unpaired) electrons. The van der Waals surface area contributed by atoms with Crippen LogP contribution in [-0.4, -0.2) is 22.3 Å². The van der Waals surface area contributed by atoms with Gasteiger partial charge in [0.1, 0.15) is 5.75 Å². The second-order valence-corrected chi connectivity index (χ2v) is 9.01. The quantitative estimate of drug-likeness (QED) is 0.425. The number of nitrogens with zero attached hydrogens (tertiary/aromatic N) is 2. The molecule has 0 bridgehead atoms. The van der Waals surface area contributed by atoms with Gasteiger partial charge in [-0.15, -0.1) is 18.2 Å². The van der Waals surface area contributed by atoms with Gasteiger partial charge in [0.05, 0.1) is 23.4 Å². The Hall–Kier alpha value is -2.49. The van der Waals surface area contributed by atoms with Crippen molar-refractivity contribution in [2.45, 2.75) is 37.5 Å². The average Bonchev–Trinajstić information content (AvgIpc) is 2.98. The number of rotatable bonds is 6. The minimum Gasteiger partial charge on any atom is -0.494 e. The summed E-state index contributed by atoms with van der Waals surface area (Å²) in [5.41, 5.74) is 1.52. The number of aromatic nitrogens is 1. The van der Waals surface area contributed by atoms with Crippen LogP contribution in [0.1, 0.15) is 31.1 Å². The molecule has 0 saturated heterocycles. The van der Waals surface area contributed by atoms with Gasteiger partial charge >= 0.3 is 0 Å². The molecular formula is C22H22N2O2S2. The Labute approximate surface area is 173 Å². The largest absolute Gasteiger partial charge is 0.494 e. The Morgan fingerprint density at radius 2 is 2.14 bits per heavy atom. The number of thioether (sulfide) groups is 1. The lowest BCUT2D eigenvalue weighted by Crippen LogP contribution is -2.16. The summed E-state index contributed by atoms with van der Waals surface area (Å²) in [6.07, 6.45) is 5.55.